The van der Waals surface area contributed by atoms with Crippen molar-refractivity contribution in [2.75, 3.05) is 68.1 Å². The van der Waals surface area contributed by atoms with Crippen molar-refractivity contribution in [3.63, 3.8) is 0 Å². The lowest BCUT2D eigenvalue weighted by Gasteiger charge is -2.58. The summed E-state index contributed by atoms with van der Waals surface area (Å²) in [5, 5.41) is 41.3. The second-order valence-corrected chi connectivity index (χ2v) is 32.3. The number of carbonyl (C=O) groups is 8. The summed E-state index contributed by atoms with van der Waals surface area (Å²) < 4.78 is 33.4. The first-order valence-corrected chi connectivity index (χ1v) is 39.4. The quantitative estimate of drug-likeness (QED) is 0.00750. The van der Waals surface area contributed by atoms with Crippen molar-refractivity contribution < 1.29 is 77.1 Å². The minimum atomic E-state index is -4.24. The molecule has 0 saturated heterocycles. The van der Waals surface area contributed by atoms with Crippen LogP contribution in [0.25, 0.3) is 21.3 Å². The molecule has 2 aliphatic heterocycles. The molecule has 3 aromatic carbocycles. The monoisotopic (exact) mass is 1510 g/mol. The lowest BCUT2D eigenvalue weighted by molar-refractivity contribution is -0.167. The van der Waals surface area contributed by atoms with E-state index >= 15 is 0 Å². The second kappa shape index (κ2) is 35.7. The molecule has 6 aromatic rings. The van der Waals surface area contributed by atoms with Gasteiger partial charge in [0.25, 0.3) is 17.7 Å². The number of para-hydroxylation sites is 1. The number of anilines is 3. The fourth-order valence-corrected chi connectivity index (χ4v) is 17.1. The summed E-state index contributed by atoms with van der Waals surface area (Å²) in [4.78, 5) is 137. The molecule has 4 unspecified atom stereocenters. The number of nitrogens with two attached hydrogens (primary N) is 1. The molecule has 2 bridgehead atoms. The van der Waals surface area contributed by atoms with E-state index in [-0.39, 0.29) is 99.3 Å². The zero-order valence-electron chi connectivity index (χ0n) is 61.6. The predicted molar refractivity (Wildman–Crippen MR) is 404 cm³/mol. The Bertz CT molecular complexity index is 4250. The molecule has 29 nitrogen and oxygen atoms in total. The first-order valence-electron chi connectivity index (χ1n) is 36.8. The topological polar surface area (TPSA) is 402 Å². The number of carboxylic acids is 1. The van der Waals surface area contributed by atoms with Crippen LogP contribution in [-0.2, 0) is 59.3 Å². The third-order valence-corrected chi connectivity index (χ3v) is 22.5. The highest BCUT2D eigenvalue weighted by Gasteiger charge is 2.55. The van der Waals surface area contributed by atoms with Crippen LogP contribution in [0.1, 0.15) is 167 Å². The zero-order valence-corrected chi connectivity index (χ0v) is 63.3. The smallest absolute Gasteiger partial charge is 0.409 e. The Hall–Kier alpha value is -9.16. The van der Waals surface area contributed by atoms with E-state index in [4.69, 9.17) is 30.0 Å². The predicted octanol–water partition coefficient (Wildman–Crippen LogP) is 9.80. The number of amides is 8. The maximum Gasteiger partial charge on any atom is 0.409 e. The van der Waals surface area contributed by atoms with Crippen LogP contribution in [0.3, 0.4) is 0 Å². The van der Waals surface area contributed by atoms with Gasteiger partial charge in [-0.1, -0.05) is 82.6 Å². The number of primary amides is 1. The van der Waals surface area contributed by atoms with Gasteiger partial charge in [-0.2, -0.15) is 5.10 Å². The van der Waals surface area contributed by atoms with Crippen LogP contribution in [0.2, 0.25) is 0 Å². The maximum absolute atomic E-state index is 14.2. The Labute approximate surface area is 626 Å². The molecule has 4 aliphatic rings. The van der Waals surface area contributed by atoms with Crippen LogP contribution >= 0.6 is 18.9 Å². The molecule has 0 spiro atoms. The summed E-state index contributed by atoms with van der Waals surface area (Å²) in [7, 11) is -2.58. The number of likely N-dealkylation sites (N-methyl/N-ethyl adjacent to an activating group) is 1. The lowest BCUT2D eigenvalue weighted by Crippen LogP contribution is -2.55. The number of carboxylic acid groups (broad SMARTS) is 1. The van der Waals surface area contributed by atoms with E-state index in [1.807, 2.05) is 40.8 Å². The molecule has 31 heteroatoms. The van der Waals surface area contributed by atoms with Crippen LogP contribution in [0.15, 0.2) is 91.1 Å². The molecular formula is C76H100N13O16PS. The average molecular weight is 1510 g/mol. The van der Waals surface area contributed by atoms with Crippen molar-refractivity contribution in [3.8, 4) is 16.9 Å². The summed E-state index contributed by atoms with van der Waals surface area (Å²) in [6, 6.07) is 18.5. The van der Waals surface area contributed by atoms with Crippen LogP contribution in [0.4, 0.5) is 26.2 Å². The number of nitrogens with one attached hydrogen (secondary N) is 5. The second-order valence-electron chi connectivity index (χ2n) is 29.5. The Morgan fingerprint density at radius 2 is 1.62 bits per heavy atom. The molecule has 2 saturated carbocycles. The van der Waals surface area contributed by atoms with E-state index in [1.165, 1.54) is 33.3 Å². The lowest BCUT2D eigenvalue weighted by atomic mass is 9.51. The summed E-state index contributed by atoms with van der Waals surface area (Å²) in [6.07, 6.45) is 12.5. The van der Waals surface area contributed by atoms with Crippen molar-refractivity contribution in [3.05, 3.63) is 125 Å². The third-order valence-electron chi connectivity index (χ3n) is 20.6. The third kappa shape index (κ3) is 21.2. The van der Waals surface area contributed by atoms with Crippen LogP contribution in [0, 0.1) is 23.7 Å². The van der Waals surface area contributed by atoms with Crippen LogP contribution < -0.4 is 42.0 Å². The van der Waals surface area contributed by atoms with E-state index in [2.05, 4.69) is 45.4 Å². The molecule has 2 fully saturated rings. The number of thiazole rings is 1. The Morgan fingerprint density at radius 3 is 2.34 bits per heavy atom. The summed E-state index contributed by atoms with van der Waals surface area (Å²) in [5.41, 5.74) is 9.74. The van der Waals surface area contributed by atoms with Gasteiger partial charge in [-0.05, 0) is 167 Å². The number of nitrogens with zero attached hydrogens (tertiary/aromatic N) is 7. The first kappa shape index (κ1) is 80.4. The number of imide groups is 1. The van der Waals surface area contributed by atoms with E-state index in [0.717, 1.165) is 72.8 Å². The van der Waals surface area contributed by atoms with Crippen molar-refractivity contribution in [2.24, 2.45) is 22.5 Å². The number of aromatic carboxylic acids is 1. The highest BCUT2D eigenvalue weighted by atomic mass is 32.1. The number of benzene rings is 3. The van der Waals surface area contributed by atoms with Gasteiger partial charge < -0.3 is 65.7 Å². The minimum absolute atomic E-state index is 0.0404. The normalized spacial score (nSPS) is 19.3. The summed E-state index contributed by atoms with van der Waals surface area (Å²) >= 11 is 1.35. The first-order chi connectivity index (χ1) is 51.0. The van der Waals surface area contributed by atoms with Gasteiger partial charge in [-0.15, -0.1) is 0 Å². The van der Waals surface area contributed by atoms with Crippen molar-refractivity contribution in [2.45, 2.75) is 181 Å². The molecule has 11 N–H and O–H groups in total. The average Bonchev–Trinajstić information content (AvgIpc) is 1.47. The Morgan fingerprint density at radius 1 is 0.850 bits per heavy atom. The van der Waals surface area contributed by atoms with E-state index in [1.54, 1.807) is 75.6 Å². The number of pyridine rings is 1. The van der Waals surface area contributed by atoms with Crippen LogP contribution in [0.5, 0.6) is 5.75 Å². The van der Waals surface area contributed by atoms with Gasteiger partial charge >= 0.3 is 25.7 Å². The molecule has 2 aliphatic carbocycles. The van der Waals surface area contributed by atoms with Gasteiger partial charge in [0.15, 0.2) is 10.8 Å². The molecule has 3 aromatic heterocycles. The SMILES string of the molecule is CCCC1(OCCN(C)C(=O)OCc2ccc(NC(=O)[C@H](CCCNC(N)=O)NC(=O)[C@@H](NC(O)CCCCCN3C(=O)C=CC3=O)C(C)C)cc2)CC2(C)CCCC(Cn3ncc(-c4ccc(N5CCc6c(OCCCP(=O)(O)O)ccc(C(=O)Nc7nc8ccccc8s7)c6C5)nc4C(=O)O)c3C)(C2)C1. The number of urea groups is 1. The largest absolute Gasteiger partial charge is 0.493 e. The molecule has 8 amide bonds. The summed E-state index contributed by atoms with van der Waals surface area (Å²) in [5.74, 6) is -2.77. The molecule has 10 rings (SSSR count). The van der Waals surface area contributed by atoms with Crippen molar-refractivity contribution >= 4 is 93.4 Å². The number of hydrogen-bond acceptors (Lipinski definition) is 19. The molecule has 5 heterocycles. The highest BCUT2D eigenvalue weighted by molar-refractivity contribution is 7.51. The maximum atomic E-state index is 14.2. The fraction of sp³-hybridized carbons (Fsp3) is 0.513. The van der Waals surface area contributed by atoms with E-state index in [0.29, 0.717) is 102 Å². The van der Waals surface area contributed by atoms with E-state index in [9.17, 15) is 62.9 Å². The number of hydrogen-bond donors (Lipinski definition) is 10. The number of aliphatic hydroxyl groups excluding tert-OH is 1. The molecule has 6 atom stereocenters. The van der Waals surface area contributed by atoms with Gasteiger partial charge in [-0.25, -0.2) is 24.4 Å². The Kier molecular flexibility index (Phi) is 26.8. The van der Waals surface area contributed by atoms with Crippen LogP contribution in [-0.4, -0.2) is 174 Å². The summed E-state index contributed by atoms with van der Waals surface area (Å²) in [6.45, 7) is 12.1. The number of rotatable bonds is 37. The van der Waals surface area contributed by atoms with Gasteiger partial charge in [0, 0.05) is 92.1 Å². The Balaban J connectivity index is 0.738. The van der Waals surface area contributed by atoms with E-state index < -0.39 is 67.3 Å². The molecule has 576 valence electrons. The minimum Gasteiger partial charge on any atom is -0.493 e. The standard InChI is InChI=1S/C76H100N13O16PS/c1-7-31-76(105-39-37-86(6)73(99)104-43-50-20-22-51(23-21-50)80-68(94)58(17-13-34-78-71(77)98)81-69(95)65(48(2)3)84-62(90)19-9-8-12-35-88-63(91)28-29-64(88)92)45-74(5)32-14-33-75(44-74,46-76)47-89-49(4)55(41-79-89)53-25-27-61(83-66(53)70(96)97)87-36-30-52-56(42-87)54(24-26-59(52)103-38-15-40-106(100,101)102)67(93)85-72-82-57-16-10-11-18-60(57)107-72/h10-11,16,18,20-29,41,48,58,62,65,84,90H,7-9,12-15,17,19,30-40,42-47H2,1-6H3,(H,80,94)(H,81,95)(H,96,97)(H3,77,78,98)(H,82,85,93)(H2,100,101,102)/t58-,62?,65-,74?,75?,76?/m0/s1. The number of aromatic nitrogens is 4. The molecular weight excluding hydrogens is 1410 g/mol. The number of aliphatic hydroxyl groups is 1. The highest BCUT2D eigenvalue weighted by Crippen LogP contribution is 2.61. The van der Waals surface area contributed by atoms with Gasteiger partial charge in [0.2, 0.25) is 11.8 Å². The van der Waals surface area contributed by atoms with Gasteiger partial charge in [0.1, 0.15) is 30.4 Å². The van der Waals surface area contributed by atoms with Crippen molar-refractivity contribution in [1.82, 2.24) is 45.5 Å². The molecule has 0 radical (unpaired) electrons. The van der Waals surface area contributed by atoms with Gasteiger partial charge in [0.05, 0.1) is 47.4 Å². The van der Waals surface area contributed by atoms with Crippen molar-refractivity contribution in [1.29, 1.82) is 0 Å². The number of carbonyl (C=O) groups excluding carboxylic acids is 7. The van der Waals surface area contributed by atoms with Gasteiger partial charge in [-0.3, -0.25) is 48.8 Å². The fourth-order valence-electron chi connectivity index (χ4n) is 15.7. The number of fused-ring (bicyclic) bond motifs is 4. The zero-order chi connectivity index (χ0) is 76.8. The number of ether oxygens (including phenoxy) is 3. The number of unbranched alkanes of at least 4 members (excludes halogenated alkanes) is 2. The molecule has 107 heavy (non-hydrogen) atoms.